The van der Waals surface area contributed by atoms with Crippen LogP contribution in [-0.2, 0) is 32.1 Å². The zero-order valence-electron chi connectivity index (χ0n) is 26.9. The van der Waals surface area contributed by atoms with Crippen molar-refractivity contribution in [2.24, 2.45) is 0 Å². The van der Waals surface area contributed by atoms with Gasteiger partial charge in [0.2, 0.25) is 11.8 Å². The van der Waals surface area contributed by atoms with E-state index in [9.17, 15) is 34.1 Å². The number of nitro benzene ring substituents is 1. The molecule has 0 saturated heterocycles. The number of esters is 1. The lowest BCUT2D eigenvalue weighted by Gasteiger charge is -2.25. The number of carbonyl (C=O) groups is 5. The number of hydrogen-bond acceptors (Lipinski definition) is 10. The zero-order chi connectivity index (χ0) is 35.8. The molecule has 0 fully saturated rings. The Morgan fingerprint density at radius 1 is 1.00 bits per heavy atom. The van der Waals surface area contributed by atoms with Crippen molar-refractivity contribution in [3.8, 4) is 0 Å². The van der Waals surface area contributed by atoms with Crippen molar-refractivity contribution < 1.29 is 33.6 Å². The molecule has 3 N–H and O–H groups in total. The van der Waals surface area contributed by atoms with Crippen molar-refractivity contribution in [3.05, 3.63) is 122 Å². The minimum atomic E-state index is -0.729. The predicted octanol–water partition coefficient (Wildman–Crippen LogP) is 5.49. The molecule has 3 aromatic carbocycles. The Labute approximate surface area is 294 Å². The second kappa shape index (κ2) is 16.1. The summed E-state index contributed by atoms with van der Waals surface area (Å²) >= 11 is 2.42. The number of ether oxygens (including phenoxy) is 1. The van der Waals surface area contributed by atoms with Crippen molar-refractivity contribution >= 4 is 75.1 Å². The number of nitrogens with one attached hydrogen (secondary N) is 3. The Bertz CT molecular complexity index is 2010. The Hall–Kier alpha value is -5.80. The predicted molar refractivity (Wildman–Crippen MR) is 190 cm³/mol. The Morgan fingerprint density at radius 2 is 1.74 bits per heavy atom. The van der Waals surface area contributed by atoms with Gasteiger partial charge in [0.1, 0.15) is 10.7 Å². The van der Waals surface area contributed by atoms with E-state index >= 15 is 0 Å². The third kappa shape index (κ3) is 8.61. The maximum Gasteiger partial charge on any atom is 0.341 e. The highest BCUT2D eigenvalue weighted by Gasteiger charge is 2.30. The molecule has 0 radical (unpaired) electrons. The number of benzene rings is 3. The van der Waals surface area contributed by atoms with Gasteiger partial charge in [-0.05, 0) is 54.5 Å². The smallest absolute Gasteiger partial charge is 0.341 e. The van der Waals surface area contributed by atoms with E-state index in [0.29, 0.717) is 40.7 Å². The van der Waals surface area contributed by atoms with Crippen LogP contribution in [0, 0.1) is 10.1 Å². The van der Waals surface area contributed by atoms with Gasteiger partial charge in [-0.3, -0.25) is 29.3 Å². The van der Waals surface area contributed by atoms with Gasteiger partial charge in [-0.25, -0.2) is 4.79 Å². The fourth-order valence-corrected chi connectivity index (χ4v) is 7.15. The van der Waals surface area contributed by atoms with Crippen molar-refractivity contribution in [2.45, 2.75) is 24.8 Å². The molecule has 0 aliphatic carbocycles. The van der Waals surface area contributed by atoms with Gasteiger partial charge < -0.3 is 25.6 Å². The molecule has 13 nitrogen and oxygen atoms in total. The average molecular weight is 714 g/mol. The van der Waals surface area contributed by atoms with E-state index < -0.39 is 22.7 Å². The Balaban J connectivity index is 1.29. The number of fused-ring (bicyclic) bond motifs is 1. The van der Waals surface area contributed by atoms with Crippen LogP contribution in [0.3, 0.4) is 0 Å². The summed E-state index contributed by atoms with van der Waals surface area (Å²) in [6, 6.07) is 20.7. The van der Waals surface area contributed by atoms with Gasteiger partial charge in [-0.1, -0.05) is 36.4 Å². The normalized spacial score (nSPS) is 12.4. The van der Waals surface area contributed by atoms with Gasteiger partial charge in [0, 0.05) is 40.6 Å². The highest BCUT2D eigenvalue weighted by Crippen LogP contribution is 2.38. The number of nitrogens with zero attached hydrogens (tertiary/aromatic N) is 2. The SMILES string of the molecule is COC(=O)c1c(NC(=O)CSc2cccc(NC(=O)/C(=C\c3ccccc3[N+](=O)[O-])NC(=O)c3ccccc3)c2)sc2c1CCN(C(C)=O)C2. The fraction of sp³-hybridized carbons (Fsp3) is 0.171. The van der Waals surface area contributed by atoms with Crippen molar-refractivity contribution in [3.63, 3.8) is 0 Å². The zero-order valence-corrected chi connectivity index (χ0v) is 28.5. The second-order valence-electron chi connectivity index (χ2n) is 10.9. The number of rotatable bonds is 11. The minimum absolute atomic E-state index is 0.0316. The van der Waals surface area contributed by atoms with E-state index in [0.717, 1.165) is 10.4 Å². The molecule has 4 aromatic rings. The van der Waals surface area contributed by atoms with E-state index in [2.05, 4.69) is 16.0 Å². The molecule has 0 spiro atoms. The van der Waals surface area contributed by atoms with Crippen LogP contribution in [0.15, 0.2) is 89.5 Å². The summed E-state index contributed by atoms with van der Waals surface area (Å²) in [4.78, 5) is 78.3. The van der Waals surface area contributed by atoms with Gasteiger partial charge in [0.25, 0.3) is 17.5 Å². The van der Waals surface area contributed by atoms with Crippen LogP contribution < -0.4 is 16.0 Å². The van der Waals surface area contributed by atoms with Gasteiger partial charge in [-0.2, -0.15) is 0 Å². The summed E-state index contributed by atoms with van der Waals surface area (Å²) in [5.74, 6) is -2.37. The molecule has 2 heterocycles. The topological polar surface area (TPSA) is 177 Å². The number of thiophene rings is 1. The molecule has 1 aliphatic heterocycles. The molecule has 50 heavy (non-hydrogen) atoms. The average Bonchev–Trinajstić information content (AvgIpc) is 3.47. The summed E-state index contributed by atoms with van der Waals surface area (Å²) in [5.41, 5.74) is 1.33. The number of amides is 4. The van der Waals surface area contributed by atoms with Crippen LogP contribution in [0.5, 0.6) is 0 Å². The van der Waals surface area contributed by atoms with Gasteiger partial charge in [0.05, 0.1) is 35.5 Å². The van der Waals surface area contributed by atoms with Gasteiger partial charge in [-0.15, -0.1) is 23.1 Å². The molecule has 5 rings (SSSR count). The number of anilines is 2. The Morgan fingerprint density at radius 3 is 2.46 bits per heavy atom. The lowest BCUT2D eigenvalue weighted by atomic mass is 10.0. The van der Waals surface area contributed by atoms with Gasteiger partial charge in [0.15, 0.2) is 0 Å². The number of nitro groups is 1. The fourth-order valence-electron chi connectivity index (χ4n) is 5.13. The molecule has 4 amide bonds. The summed E-state index contributed by atoms with van der Waals surface area (Å²) in [6.45, 7) is 2.29. The van der Waals surface area contributed by atoms with Crippen LogP contribution in [0.25, 0.3) is 6.08 Å². The van der Waals surface area contributed by atoms with E-state index in [1.807, 2.05) is 0 Å². The maximum atomic E-state index is 13.5. The molecule has 0 atom stereocenters. The maximum absolute atomic E-state index is 13.5. The van der Waals surface area contributed by atoms with Crippen LogP contribution in [0.1, 0.15) is 43.6 Å². The van der Waals surface area contributed by atoms with E-state index in [4.69, 9.17) is 4.74 Å². The van der Waals surface area contributed by atoms with E-state index in [-0.39, 0.29) is 40.1 Å². The summed E-state index contributed by atoms with van der Waals surface area (Å²) in [6.07, 6.45) is 1.70. The molecule has 1 aliphatic rings. The highest BCUT2D eigenvalue weighted by molar-refractivity contribution is 8.00. The first-order valence-electron chi connectivity index (χ1n) is 15.2. The summed E-state index contributed by atoms with van der Waals surface area (Å²) in [5, 5.41) is 20.1. The third-order valence-corrected chi connectivity index (χ3v) is 9.69. The standard InChI is InChI=1S/C35H31N5O8S2/c1-21(41)39-16-15-26-29(19-39)50-34(31(26)35(45)48-2)38-30(42)20-49-25-13-8-12-24(18-25)36-33(44)27(37-32(43)22-9-4-3-5-10-22)17-23-11-6-7-14-28(23)40(46)47/h3-14,17-18H,15-16,19-20H2,1-2H3,(H,36,44)(H,37,43)(H,38,42)/b27-17+. The number of thioether (sulfide) groups is 1. The number of para-hydroxylation sites is 1. The number of hydrogen-bond donors (Lipinski definition) is 3. The lowest BCUT2D eigenvalue weighted by molar-refractivity contribution is -0.385. The van der Waals surface area contributed by atoms with Crippen molar-refractivity contribution in [1.29, 1.82) is 0 Å². The summed E-state index contributed by atoms with van der Waals surface area (Å²) < 4.78 is 4.98. The molecule has 256 valence electrons. The van der Waals surface area contributed by atoms with Crippen molar-refractivity contribution in [2.75, 3.05) is 30.0 Å². The molecule has 15 heteroatoms. The molecule has 0 saturated carbocycles. The van der Waals surface area contributed by atoms with E-state index in [1.165, 1.54) is 61.4 Å². The lowest BCUT2D eigenvalue weighted by Crippen LogP contribution is -2.33. The van der Waals surface area contributed by atoms with Gasteiger partial charge >= 0.3 is 5.97 Å². The Kier molecular flexibility index (Phi) is 11.4. The number of methoxy groups -OCH3 is 1. The first-order chi connectivity index (χ1) is 24.0. The van der Waals surface area contributed by atoms with Crippen molar-refractivity contribution in [1.82, 2.24) is 10.2 Å². The largest absolute Gasteiger partial charge is 0.465 e. The quantitative estimate of drug-likeness (QED) is 0.0597. The molecule has 0 unspecified atom stereocenters. The highest BCUT2D eigenvalue weighted by atomic mass is 32.2. The second-order valence-corrected chi connectivity index (χ2v) is 13.1. The first kappa shape index (κ1) is 35.5. The molecular formula is C35H31N5O8S2. The third-order valence-electron chi connectivity index (χ3n) is 7.57. The minimum Gasteiger partial charge on any atom is -0.465 e. The number of carbonyl (C=O) groups excluding carboxylic acids is 5. The van der Waals surface area contributed by atoms with Crippen LogP contribution in [0.4, 0.5) is 16.4 Å². The van der Waals surface area contributed by atoms with Crippen LogP contribution in [0.2, 0.25) is 0 Å². The van der Waals surface area contributed by atoms with E-state index in [1.54, 1.807) is 65.6 Å². The van der Waals surface area contributed by atoms with Crippen LogP contribution in [-0.4, -0.2) is 58.8 Å². The summed E-state index contributed by atoms with van der Waals surface area (Å²) in [7, 11) is 1.27. The monoisotopic (exact) mass is 713 g/mol. The molecular weight excluding hydrogens is 683 g/mol. The van der Waals surface area contributed by atoms with Crippen LogP contribution >= 0.6 is 23.1 Å². The molecule has 0 bridgehead atoms. The molecule has 1 aromatic heterocycles. The first-order valence-corrected chi connectivity index (χ1v) is 17.0.